The summed E-state index contributed by atoms with van der Waals surface area (Å²) in [7, 11) is 0. The summed E-state index contributed by atoms with van der Waals surface area (Å²) in [4.78, 5) is 25.4. The fourth-order valence-electron chi connectivity index (χ4n) is 3.87. The molecule has 2 saturated heterocycles. The van der Waals surface area contributed by atoms with Crippen molar-refractivity contribution in [1.29, 1.82) is 0 Å². The summed E-state index contributed by atoms with van der Waals surface area (Å²) in [5, 5.41) is 2.07. The molecule has 140 valence electrons. The number of likely N-dealkylation sites (tertiary alicyclic amines) is 1. The Kier molecular flexibility index (Phi) is 4.54. The van der Waals surface area contributed by atoms with Crippen LogP contribution in [0.25, 0.3) is 10.2 Å². The van der Waals surface area contributed by atoms with E-state index in [-0.39, 0.29) is 37.8 Å². The predicted octanol–water partition coefficient (Wildman–Crippen LogP) is 3.47. The second-order valence-corrected chi connectivity index (χ2v) is 8.14. The number of halogens is 2. The first kappa shape index (κ1) is 17.6. The summed E-state index contributed by atoms with van der Waals surface area (Å²) < 4.78 is 27.8. The number of carbonyl (C=O) groups is 1. The zero-order valence-electron chi connectivity index (χ0n) is 14.8. The molecule has 0 N–H and O–H groups in total. The number of hydrogen-bond donors (Lipinski definition) is 0. The normalized spacial score (nSPS) is 23.4. The lowest BCUT2D eigenvalue weighted by Crippen LogP contribution is -2.49. The van der Waals surface area contributed by atoms with Crippen LogP contribution in [0, 0.1) is 12.8 Å². The molecule has 1 atom stereocenters. The number of piperidine rings is 2. The monoisotopic (exact) mass is 380 g/mol. The van der Waals surface area contributed by atoms with Crippen molar-refractivity contribution < 1.29 is 13.6 Å². The van der Waals surface area contributed by atoms with Gasteiger partial charge in [-0.05, 0) is 30.7 Å². The molecule has 0 aromatic carbocycles. The zero-order chi connectivity index (χ0) is 18.3. The number of amides is 1. The van der Waals surface area contributed by atoms with Crippen molar-refractivity contribution >= 4 is 33.3 Å². The van der Waals surface area contributed by atoms with Gasteiger partial charge in [-0.2, -0.15) is 0 Å². The summed E-state index contributed by atoms with van der Waals surface area (Å²) >= 11 is 1.63. The summed E-state index contributed by atoms with van der Waals surface area (Å²) in [6.07, 6.45) is 2.83. The van der Waals surface area contributed by atoms with Gasteiger partial charge in [0.1, 0.15) is 12.1 Å². The number of fused-ring (bicyclic) bond motifs is 1. The molecule has 2 fully saturated rings. The highest BCUT2D eigenvalue weighted by atomic mass is 32.1. The van der Waals surface area contributed by atoms with Crippen molar-refractivity contribution in [2.24, 2.45) is 5.92 Å². The third kappa shape index (κ3) is 3.26. The average Bonchev–Trinajstić information content (AvgIpc) is 3.03. The summed E-state index contributed by atoms with van der Waals surface area (Å²) in [6, 6.07) is 0. The fourth-order valence-corrected chi connectivity index (χ4v) is 4.88. The van der Waals surface area contributed by atoms with Crippen LogP contribution in [0.5, 0.6) is 0 Å². The van der Waals surface area contributed by atoms with E-state index in [4.69, 9.17) is 0 Å². The van der Waals surface area contributed by atoms with Gasteiger partial charge >= 0.3 is 0 Å². The third-order valence-corrected chi connectivity index (χ3v) is 6.47. The molecule has 2 aromatic heterocycles. The summed E-state index contributed by atoms with van der Waals surface area (Å²) in [6.45, 7) is 3.79. The molecule has 0 bridgehead atoms. The first-order valence-corrected chi connectivity index (χ1v) is 9.93. The highest BCUT2D eigenvalue weighted by Crippen LogP contribution is 2.34. The highest BCUT2D eigenvalue weighted by molar-refractivity contribution is 7.18. The lowest BCUT2D eigenvalue weighted by molar-refractivity contribution is -0.141. The Morgan fingerprint density at radius 3 is 2.81 bits per heavy atom. The van der Waals surface area contributed by atoms with Crippen LogP contribution in [0.2, 0.25) is 0 Å². The van der Waals surface area contributed by atoms with Gasteiger partial charge in [-0.3, -0.25) is 4.79 Å². The maximum Gasteiger partial charge on any atom is 0.251 e. The van der Waals surface area contributed by atoms with Crippen LogP contribution in [0.1, 0.15) is 31.2 Å². The van der Waals surface area contributed by atoms with Crippen molar-refractivity contribution in [1.82, 2.24) is 14.9 Å². The number of aromatic nitrogens is 2. The Morgan fingerprint density at radius 1 is 1.27 bits per heavy atom. The van der Waals surface area contributed by atoms with Crippen LogP contribution in [0.3, 0.4) is 0 Å². The second kappa shape index (κ2) is 6.72. The molecule has 2 aliphatic heterocycles. The van der Waals surface area contributed by atoms with Crippen LogP contribution in [-0.2, 0) is 4.79 Å². The van der Waals surface area contributed by atoms with Crippen molar-refractivity contribution in [2.45, 2.75) is 38.5 Å². The maximum atomic E-state index is 13.4. The van der Waals surface area contributed by atoms with E-state index in [0.717, 1.165) is 41.0 Å². The van der Waals surface area contributed by atoms with Crippen molar-refractivity contribution in [3.63, 3.8) is 0 Å². The zero-order valence-corrected chi connectivity index (χ0v) is 15.6. The van der Waals surface area contributed by atoms with E-state index in [0.29, 0.717) is 6.54 Å². The number of rotatable bonds is 2. The first-order valence-electron chi connectivity index (χ1n) is 9.05. The van der Waals surface area contributed by atoms with E-state index >= 15 is 0 Å². The van der Waals surface area contributed by atoms with Gasteiger partial charge in [0.15, 0.2) is 0 Å². The molecule has 0 radical (unpaired) electrons. The minimum atomic E-state index is -2.63. The Balaban J connectivity index is 1.50. The topological polar surface area (TPSA) is 49.3 Å². The molecule has 26 heavy (non-hydrogen) atoms. The van der Waals surface area contributed by atoms with Crippen LogP contribution in [-0.4, -0.2) is 52.9 Å². The van der Waals surface area contributed by atoms with Gasteiger partial charge in [0, 0.05) is 39.0 Å². The van der Waals surface area contributed by atoms with Gasteiger partial charge in [0.2, 0.25) is 5.91 Å². The summed E-state index contributed by atoms with van der Waals surface area (Å²) in [5.74, 6) is -1.88. The molecule has 2 aliphatic rings. The molecule has 4 heterocycles. The number of carbonyl (C=O) groups excluding carboxylic acids is 1. The van der Waals surface area contributed by atoms with E-state index in [1.54, 1.807) is 22.6 Å². The predicted molar refractivity (Wildman–Crippen MR) is 97.9 cm³/mol. The first-order chi connectivity index (χ1) is 12.4. The Labute approximate surface area is 155 Å². The molecule has 1 unspecified atom stereocenters. The number of aryl methyl sites for hydroxylation is 1. The van der Waals surface area contributed by atoms with Gasteiger partial charge < -0.3 is 9.80 Å². The Morgan fingerprint density at radius 2 is 2.04 bits per heavy atom. The standard InChI is InChI=1S/C18H22F2N4OS/c1-12-10-26-15-14(12)21-11-22-16(15)24-6-2-3-13(9-24)17(25)23-7-4-18(19,20)5-8-23/h10-11,13H,2-9H2,1H3. The smallest absolute Gasteiger partial charge is 0.251 e. The molecule has 1 amide bonds. The van der Waals surface area contributed by atoms with Crippen molar-refractivity contribution in [3.05, 3.63) is 17.3 Å². The molecular weight excluding hydrogens is 358 g/mol. The fraction of sp³-hybridized carbons (Fsp3) is 0.611. The van der Waals surface area contributed by atoms with Crippen LogP contribution in [0.4, 0.5) is 14.6 Å². The molecular formula is C18H22F2N4OS. The largest absolute Gasteiger partial charge is 0.355 e. The molecule has 2 aromatic rings. The van der Waals surface area contributed by atoms with E-state index in [1.165, 1.54) is 0 Å². The van der Waals surface area contributed by atoms with E-state index in [9.17, 15) is 13.6 Å². The average molecular weight is 380 g/mol. The number of alkyl halides is 2. The van der Waals surface area contributed by atoms with Crippen LogP contribution < -0.4 is 4.90 Å². The SMILES string of the molecule is Cc1csc2c(N3CCCC(C(=O)N4CCC(F)(F)CC4)C3)ncnc12. The summed E-state index contributed by atoms with van der Waals surface area (Å²) in [5.41, 5.74) is 2.10. The molecule has 5 nitrogen and oxygen atoms in total. The van der Waals surface area contributed by atoms with Crippen molar-refractivity contribution in [3.8, 4) is 0 Å². The van der Waals surface area contributed by atoms with E-state index in [1.807, 2.05) is 6.92 Å². The number of hydrogen-bond acceptors (Lipinski definition) is 5. The molecule has 4 rings (SSSR count). The number of anilines is 1. The molecule has 8 heteroatoms. The third-order valence-electron chi connectivity index (χ3n) is 5.39. The minimum absolute atomic E-state index is 0.0119. The molecule has 0 spiro atoms. The van der Waals surface area contributed by atoms with E-state index in [2.05, 4.69) is 20.2 Å². The highest BCUT2D eigenvalue weighted by Gasteiger charge is 2.38. The quantitative estimate of drug-likeness (QED) is 0.800. The minimum Gasteiger partial charge on any atom is -0.355 e. The van der Waals surface area contributed by atoms with Gasteiger partial charge in [-0.25, -0.2) is 18.7 Å². The lowest BCUT2D eigenvalue weighted by atomic mass is 9.95. The Bertz CT molecular complexity index is 815. The Hall–Kier alpha value is -1.83. The van der Waals surface area contributed by atoms with Gasteiger partial charge in [0.25, 0.3) is 5.92 Å². The molecule has 0 aliphatic carbocycles. The molecule has 0 saturated carbocycles. The maximum absolute atomic E-state index is 13.4. The lowest BCUT2D eigenvalue weighted by Gasteiger charge is -2.38. The van der Waals surface area contributed by atoms with Crippen LogP contribution >= 0.6 is 11.3 Å². The van der Waals surface area contributed by atoms with Crippen molar-refractivity contribution in [2.75, 3.05) is 31.1 Å². The second-order valence-electron chi connectivity index (χ2n) is 7.26. The van der Waals surface area contributed by atoms with E-state index < -0.39 is 5.92 Å². The number of nitrogens with zero attached hydrogens (tertiary/aromatic N) is 4. The van der Waals surface area contributed by atoms with Gasteiger partial charge in [-0.15, -0.1) is 11.3 Å². The van der Waals surface area contributed by atoms with Gasteiger partial charge in [-0.1, -0.05) is 0 Å². The van der Waals surface area contributed by atoms with Crippen LogP contribution in [0.15, 0.2) is 11.7 Å². The number of thiophene rings is 1. The van der Waals surface area contributed by atoms with Gasteiger partial charge in [0.05, 0.1) is 16.1 Å².